The molecule has 6 heteroatoms. The maximum Gasteiger partial charge on any atom is 0.252 e. The minimum Gasteiger partial charge on any atom is -0.497 e. The molecule has 186 valence electrons. The van der Waals surface area contributed by atoms with Gasteiger partial charge in [0.2, 0.25) is 0 Å². The molecule has 0 aliphatic carbocycles. The van der Waals surface area contributed by atoms with Gasteiger partial charge in [0.15, 0.2) is 0 Å². The Morgan fingerprint density at radius 2 is 1.62 bits per heavy atom. The van der Waals surface area contributed by atoms with Crippen LogP contribution >= 0.6 is 0 Å². The Kier molecular flexibility index (Phi) is 6.73. The third kappa shape index (κ3) is 5.09. The number of hydrogen-bond donors (Lipinski definition) is 1. The predicted octanol–water partition coefficient (Wildman–Crippen LogP) is 6.62. The largest absolute Gasteiger partial charge is 0.497 e. The molecular formula is C31H28FN3O2. The summed E-state index contributed by atoms with van der Waals surface area (Å²) in [4.78, 5) is 18.9. The van der Waals surface area contributed by atoms with Crippen LogP contribution in [-0.4, -0.2) is 22.6 Å². The molecule has 1 atom stereocenters. The molecule has 1 heterocycles. The minimum atomic E-state index is -0.675. The lowest BCUT2D eigenvalue weighted by Gasteiger charge is -2.22. The molecule has 37 heavy (non-hydrogen) atoms. The molecule has 0 bridgehead atoms. The number of aromatic nitrogens is 2. The van der Waals surface area contributed by atoms with Crippen molar-refractivity contribution in [1.82, 2.24) is 9.55 Å². The summed E-state index contributed by atoms with van der Waals surface area (Å²) < 4.78 is 20.9. The maximum absolute atomic E-state index is 14.0. The average molecular weight is 494 g/mol. The molecule has 0 aliphatic heterocycles. The Morgan fingerprint density at radius 3 is 2.30 bits per heavy atom. The van der Waals surface area contributed by atoms with E-state index in [0.717, 1.165) is 39.1 Å². The van der Waals surface area contributed by atoms with E-state index in [9.17, 15) is 9.18 Å². The molecule has 0 spiro atoms. The normalized spacial score (nSPS) is 11.9. The third-order valence-electron chi connectivity index (χ3n) is 6.63. The molecule has 1 amide bonds. The van der Waals surface area contributed by atoms with Gasteiger partial charge in [-0.15, -0.1) is 0 Å². The Morgan fingerprint density at radius 1 is 0.946 bits per heavy atom. The van der Waals surface area contributed by atoms with Gasteiger partial charge in [-0.2, -0.15) is 0 Å². The van der Waals surface area contributed by atoms with Gasteiger partial charge in [-0.3, -0.25) is 4.79 Å². The molecule has 1 aromatic heterocycles. The van der Waals surface area contributed by atoms with E-state index in [-0.39, 0.29) is 11.7 Å². The van der Waals surface area contributed by atoms with Gasteiger partial charge in [0.1, 0.15) is 23.4 Å². The number of aryl methyl sites for hydroxylation is 2. The van der Waals surface area contributed by atoms with E-state index in [0.29, 0.717) is 17.9 Å². The fourth-order valence-electron chi connectivity index (χ4n) is 4.54. The summed E-state index contributed by atoms with van der Waals surface area (Å²) in [7, 11) is 1.61. The first-order chi connectivity index (χ1) is 17.9. The Balaban J connectivity index is 1.66. The number of rotatable bonds is 7. The van der Waals surface area contributed by atoms with E-state index >= 15 is 0 Å². The van der Waals surface area contributed by atoms with Crippen molar-refractivity contribution < 1.29 is 13.9 Å². The molecule has 0 fully saturated rings. The Bertz CT molecular complexity index is 1540. The van der Waals surface area contributed by atoms with Crippen LogP contribution in [0, 0.1) is 19.7 Å². The first-order valence-electron chi connectivity index (χ1n) is 12.2. The summed E-state index contributed by atoms with van der Waals surface area (Å²) in [6, 6.07) is 26.8. The topological polar surface area (TPSA) is 56.1 Å². The van der Waals surface area contributed by atoms with Gasteiger partial charge < -0.3 is 14.6 Å². The van der Waals surface area contributed by atoms with Crippen LogP contribution < -0.4 is 10.1 Å². The molecule has 0 aliphatic rings. The summed E-state index contributed by atoms with van der Waals surface area (Å²) >= 11 is 0. The zero-order chi connectivity index (χ0) is 25.9. The molecule has 0 unspecified atom stereocenters. The highest BCUT2D eigenvalue weighted by Gasteiger charge is 2.28. The lowest BCUT2D eigenvalue weighted by atomic mass is 10.0. The van der Waals surface area contributed by atoms with Crippen molar-refractivity contribution >= 4 is 22.6 Å². The van der Waals surface area contributed by atoms with E-state index in [4.69, 9.17) is 9.72 Å². The fourth-order valence-corrected chi connectivity index (χ4v) is 4.54. The van der Waals surface area contributed by atoms with E-state index in [1.807, 2.05) is 59.2 Å². The number of benzene rings is 4. The van der Waals surface area contributed by atoms with Crippen LogP contribution in [0.2, 0.25) is 0 Å². The molecule has 4 aromatic carbocycles. The van der Waals surface area contributed by atoms with Crippen molar-refractivity contribution in [3.05, 3.63) is 125 Å². The molecular weight excluding hydrogens is 465 g/mol. The number of halogens is 1. The van der Waals surface area contributed by atoms with Crippen LogP contribution in [0.1, 0.15) is 34.1 Å². The highest BCUT2D eigenvalue weighted by Crippen LogP contribution is 2.31. The lowest BCUT2D eigenvalue weighted by Crippen LogP contribution is -2.28. The van der Waals surface area contributed by atoms with Gasteiger partial charge in [-0.1, -0.05) is 42.5 Å². The number of ether oxygens (including phenoxy) is 1. The van der Waals surface area contributed by atoms with Crippen molar-refractivity contribution in [3.8, 4) is 5.75 Å². The van der Waals surface area contributed by atoms with Crippen LogP contribution in [0.5, 0.6) is 5.75 Å². The van der Waals surface area contributed by atoms with Crippen LogP contribution in [0.25, 0.3) is 11.0 Å². The first-order valence-corrected chi connectivity index (χ1v) is 12.2. The molecule has 5 aromatic rings. The number of fused-ring (bicyclic) bond motifs is 1. The predicted molar refractivity (Wildman–Crippen MR) is 145 cm³/mol. The molecule has 5 rings (SSSR count). The number of nitrogens with one attached hydrogen (secondary N) is 1. The van der Waals surface area contributed by atoms with Crippen molar-refractivity contribution in [1.29, 1.82) is 0 Å². The number of hydrogen-bond acceptors (Lipinski definition) is 3. The second-order valence-corrected chi connectivity index (χ2v) is 9.16. The summed E-state index contributed by atoms with van der Waals surface area (Å²) in [5, 5.41) is 3.08. The van der Waals surface area contributed by atoms with E-state index in [1.54, 1.807) is 19.2 Å². The van der Waals surface area contributed by atoms with Gasteiger partial charge in [0.05, 0.1) is 18.1 Å². The third-order valence-corrected chi connectivity index (χ3v) is 6.63. The maximum atomic E-state index is 14.0. The molecule has 1 N–H and O–H groups in total. The van der Waals surface area contributed by atoms with E-state index in [1.165, 1.54) is 12.1 Å². The van der Waals surface area contributed by atoms with Crippen LogP contribution in [0.4, 0.5) is 10.1 Å². The number of carbonyl (C=O) groups is 1. The van der Waals surface area contributed by atoms with Crippen LogP contribution in [0.15, 0.2) is 91.0 Å². The number of nitrogens with zero attached hydrogens (tertiary/aromatic N) is 2. The van der Waals surface area contributed by atoms with Crippen molar-refractivity contribution in [3.63, 3.8) is 0 Å². The summed E-state index contributed by atoms with van der Waals surface area (Å²) in [6.45, 7) is 4.11. The van der Waals surface area contributed by atoms with Crippen LogP contribution in [0.3, 0.4) is 0 Å². The van der Waals surface area contributed by atoms with E-state index in [2.05, 4.69) is 31.3 Å². The van der Waals surface area contributed by atoms with Gasteiger partial charge in [0.25, 0.3) is 5.91 Å². The minimum absolute atomic E-state index is 0.186. The van der Waals surface area contributed by atoms with Crippen LogP contribution in [-0.2, 0) is 11.2 Å². The number of anilines is 1. The smallest absolute Gasteiger partial charge is 0.252 e. The van der Waals surface area contributed by atoms with Crippen molar-refractivity contribution in [2.45, 2.75) is 26.3 Å². The quantitative estimate of drug-likeness (QED) is 0.277. The monoisotopic (exact) mass is 493 g/mol. The summed E-state index contributed by atoms with van der Waals surface area (Å²) in [5.41, 5.74) is 6.36. The number of imidazole rings is 1. The first kappa shape index (κ1) is 24.3. The average Bonchev–Trinajstić information content (AvgIpc) is 3.23. The number of carbonyl (C=O) groups excluding carboxylic acids is 1. The Hall–Kier alpha value is -4.45. The highest BCUT2D eigenvalue weighted by atomic mass is 19.1. The van der Waals surface area contributed by atoms with Crippen molar-refractivity contribution in [2.24, 2.45) is 0 Å². The Labute approximate surface area is 215 Å². The molecule has 5 nitrogen and oxygen atoms in total. The highest BCUT2D eigenvalue weighted by molar-refractivity contribution is 5.97. The van der Waals surface area contributed by atoms with Gasteiger partial charge in [0, 0.05) is 12.1 Å². The molecule has 0 saturated heterocycles. The van der Waals surface area contributed by atoms with Crippen molar-refractivity contribution in [2.75, 3.05) is 12.4 Å². The summed E-state index contributed by atoms with van der Waals surface area (Å²) in [5.74, 6) is 0.967. The SMILES string of the molecule is COc1ccc(NC(=O)[C@@H](c2ccccc2)n2c(Cc3ccc(F)cc3)nc3cc(C)c(C)cc32)cc1. The molecule has 0 radical (unpaired) electrons. The van der Waals surface area contributed by atoms with Gasteiger partial charge >= 0.3 is 0 Å². The zero-order valence-electron chi connectivity index (χ0n) is 21.0. The second kappa shape index (κ2) is 10.3. The summed E-state index contributed by atoms with van der Waals surface area (Å²) in [6.07, 6.45) is 0.451. The fraction of sp³-hybridized carbons (Fsp3) is 0.161. The van der Waals surface area contributed by atoms with Gasteiger partial charge in [-0.05, 0) is 84.6 Å². The second-order valence-electron chi connectivity index (χ2n) is 9.16. The lowest BCUT2D eigenvalue weighted by molar-refractivity contribution is -0.118. The van der Waals surface area contributed by atoms with Gasteiger partial charge in [-0.25, -0.2) is 9.37 Å². The number of methoxy groups -OCH3 is 1. The number of amides is 1. The standard InChI is InChI=1S/C31H28FN3O2/c1-20-17-27-28(18-21(20)2)35(29(34-27)19-22-9-11-24(32)12-10-22)30(23-7-5-4-6-8-23)31(36)33-25-13-15-26(37-3)16-14-25/h4-18,30H,19H2,1-3H3,(H,33,36)/t30-/m1/s1. The zero-order valence-corrected chi connectivity index (χ0v) is 21.0. The van der Waals surface area contributed by atoms with E-state index < -0.39 is 6.04 Å². The molecule has 0 saturated carbocycles.